The molecule has 8 nitrogen and oxygen atoms in total. The molecule has 0 radical (unpaired) electrons. The smallest absolute Gasteiger partial charge is 0.409 e. The lowest BCUT2D eigenvalue weighted by Crippen LogP contribution is -2.35. The Kier molecular flexibility index (Phi) is 6.30. The summed E-state index contributed by atoms with van der Waals surface area (Å²) in [5.74, 6) is -1.30. The van der Waals surface area contributed by atoms with Crippen LogP contribution in [0.5, 0.6) is 0 Å². The number of ether oxygens (including phenoxy) is 1. The van der Waals surface area contributed by atoms with Gasteiger partial charge in [0.05, 0.1) is 28.8 Å². The van der Waals surface area contributed by atoms with Crippen molar-refractivity contribution in [2.24, 2.45) is 0 Å². The summed E-state index contributed by atoms with van der Waals surface area (Å²) >= 11 is 2.85. The number of nitrogens with zero attached hydrogens (tertiary/aromatic N) is 2. The molecule has 0 saturated heterocycles. The van der Waals surface area contributed by atoms with Crippen molar-refractivity contribution in [2.75, 3.05) is 24.7 Å². The van der Waals surface area contributed by atoms with E-state index in [0.717, 1.165) is 31.2 Å². The normalized spacial score (nSPS) is 13.5. The van der Waals surface area contributed by atoms with E-state index in [4.69, 9.17) is 9.72 Å². The van der Waals surface area contributed by atoms with Crippen LogP contribution in [0.25, 0.3) is 20.8 Å². The standard InChI is InChI=1S/C24H21N3O5S3/c1-32-24(29)27-12-11-16-19(13-27)34-23(21(16)22-25-17-9-5-6-10-18(17)33-22)26-20(28)14-35(30,31)15-7-3-2-4-8-15/h2-10H,11-14H2,1H3,(H,26,28). The zero-order chi connectivity index (χ0) is 24.6. The first kappa shape index (κ1) is 23.5. The molecule has 2 aromatic heterocycles. The number of sulfone groups is 1. The Morgan fingerprint density at radius 2 is 1.83 bits per heavy atom. The Balaban J connectivity index is 1.50. The highest BCUT2D eigenvalue weighted by atomic mass is 32.2. The lowest BCUT2D eigenvalue weighted by Gasteiger charge is -2.25. The van der Waals surface area contributed by atoms with Crippen LogP contribution in [0.3, 0.4) is 0 Å². The Morgan fingerprint density at radius 1 is 1.09 bits per heavy atom. The van der Waals surface area contributed by atoms with Gasteiger partial charge in [0.15, 0.2) is 9.84 Å². The Hall–Kier alpha value is -3.28. The molecule has 35 heavy (non-hydrogen) atoms. The molecular weight excluding hydrogens is 506 g/mol. The van der Waals surface area contributed by atoms with Crippen LogP contribution in [0.2, 0.25) is 0 Å². The number of para-hydroxylation sites is 1. The number of amides is 2. The number of aromatic nitrogens is 1. The zero-order valence-electron chi connectivity index (χ0n) is 18.7. The second-order valence-electron chi connectivity index (χ2n) is 7.96. The molecule has 0 bridgehead atoms. The molecule has 180 valence electrons. The Labute approximate surface area is 210 Å². The van der Waals surface area contributed by atoms with Crippen LogP contribution in [0.15, 0.2) is 59.5 Å². The number of carbonyl (C=O) groups excluding carboxylic acids is 2. The van der Waals surface area contributed by atoms with Crippen LogP contribution in [0.4, 0.5) is 9.80 Å². The van der Waals surface area contributed by atoms with Gasteiger partial charge in [0.1, 0.15) is 15.8 Å². The molecule has 3 heterocycles. The number of carbonyl (C=O) groups is 2. The summed E-state index contributed by atoms with van der Waals surface area (Å²) in [7, 11) is -2.45. The van der Waals surface area contributed by atoms with Crippen molar-refractivity contribution in [1.29, 1.82) is 0 Å². The molecule has 0 saturated carbocycles. The van der Waals surface area contributed by atoms with Crippen LogP contribution in [0, 0.1) is 0 Å². The van der Waals surface area contributed by atoms with Gasteiger partial charge in [-0.3, -0.25) is 4.79 Å². The Bertz CT molecular complexity index is 1490. The van der Waals surface area contributed by atoms with Gasteiger partial charge in [-0.1, -0.05) is 30.3 Å². The third-order valence-electron chi connectivity index (χ3n) is 5.67. The van der Waals surface area contributed by atoms with Crippen LogP contribution >= 0.6 is 22.7 Å². The number of hydrogen-bond donors (Lipinski definition) is 1. The van der Waals surface area contributed by atoms with E-state index in [-0.39, 0.29) is 4.90 Å². The maximum atomic E-state index is 12.9. The summed E-state index contributed by atoms with van der Waals surface area (Å²) in [6.07, 6.45) is 0.162. The van der Waals surface area contributed by atoms with Crippen molar-refractivity contribution in [3.63, 3.8) is 0 Å². The van der Waals surface area contributed by atoms with E-state index in [0.29, 0.717) is 24.5 Å². The number of benzene rings is 2. The molecule has 4 aromatic rings. The summed E-state index contributed by atoms with van der Waals surface area (Å²) in [5.41, 5.74) is 2.65. The first-order chi connectivity index (χ1) is 16.9. The molecule has 0 aliphatic carbocycles. The molecular formula is C24H21N3O5S3. The van der Waals surface area contributed by atoms with Gasteiger partial charge >= 0.3 is 6.09 Å². The van der Waals surface area contributed by atoms with E-state index in [9.17, 15) is 18.0 Å². The van der Waals surface area contributed by atoms with Crippen molar-refractivity contribution < 1.29 is 22.7 Å². The SMILES string of the molecule is COC(=O)N1CCc2c(sc(NC(=O)CS(=O)(=O)c3ccccc3)c2-c2nc3ccccc3s2)C1. The van der Waals surface area contributed by atoms with E-state index in [2.05, 4.69) is 5.32 Å². The van der Waals surface area contributed by atoms with E-state index in [1.165, 1.54) is 41.9 Å². The summed E-state index contributed by atoms with van der Waals surface area (Å²) in [5, 5.41) is 4.11. The second-order valence-corrected chi connectivity index (χ2v) is 12.1. The fourth-order valence-corrected chi connectivity index (χ4v) is 7.57. The van der Waals surface area contributed by atoms with Gasteiger partial charge in [0.2, 0.25) is 5.91 Å². The van der Waals surface area contributed by atoms with E-state index < -0.39 is 27.6 Å². The van der Waals surface area contributed by atoms with Crippen LogP contribution in [-0.2, 0) is 32.3 Å². The van der Waals surface area contributed by atoms with Gasteiger partial charge in [-0.05, 0) is 36.2 Å². The van der Waals surface area contributed by atoms with Gasteiger partial charge in [-0.2, -0.15) is 0 Å². The third kappa shape index (κ3) is 4.66. The first-order valence-corrected chi connectivity index (χ1v) is 14.1. The van der Waals surface area contributed by atoms with Crippen molar-refractivity contribution >= 4 is 59.7 Å². The molecule has 2 amide bonds. The highest BCUT2D eigenvalue weighted by Gasteiger charge is 2.30. The number of thiophene rings is 1. The van der Waals surface area contributed by atoms with Crippen molar-refractivity contribution in [2.45, 2.75) is 17.9 Å². The largest absolute Gasteiger partial charge is 0.453 e. The van der Waals surface area contributed by atoms with Crippen molar-refractivity contribution in [3.8, 4) is 10.6 Å². The minimum atomic E-state index is -3.79. The summed E-state index contributed by atoms with van der Waals surface area (Å²) in [4.78, 5) is 32.4. The van der Waals surface area contributed by atoms with Crippen molar-refractivity contribution in [1.82, 2.24) is 9.88 Å². The molecule has 1 aliphatic heterocycles. The van der Waals surface area contributed by atoms with Gasteiger partial charge < -0.3 is 15.0 Å². The number of anilines is 1. The molecule has 0 unspecified atom stereocenters. The quantitative estimate of drug-likeness (QED) is 0.408. The summed E-state index contributed by atoms with van der Waals surface area (Å²) < 4.78 is 31.3. The number of rotatable bonds is 5. The van der Waals surface area contributed by atoms with E-state index in [1.807, 2.05) is 24.3 Å². The van der Waals surface area contributed by atoms with Crippen LogP contribution in [-0.4, -0.2) is 49.7 Å². The summed E-state index contributed by atoms with van der Waals surface area (Å²) in [6, 6.07) is 15.7. The van der Waals surface area contributed by atoms with Crippen molar-refractivity contribution in [3.05, 3.63) is 65.0 Å². The second kappa shape index (κ2) is 9.40. The van der Waals surface area contributed by atoms with Crippen LogP contribution < -0.4 is 5.32 Å². The van der Waals surface area contributed by atoms with Gasteiger partial charge in [-0.25, -0.2) is 18.2 Å². The molecule has 2 aromatic carbocycles. The molecule has 5 rings (SSSR count). The number of thiazole rings is 1. The lowest BCUT2D eigenvalue weighted by atomic mass is 10.0. The number of hydrogen-bond acceptors (Lipinski definition) is 8. The van der Waals surface area contributed by atoms with Crippen LogP contribution in [0.1, 0.15) is 10.4 Å². The average molecular weight is 528 g/mol. The van der Waals surface area contributed by atoms with Gasteiger partial charge in [0.25, 0.3) is 0 Å². The number of fused-ring (bicyclic) bond motifs is 2. The molecule has 11 heteroatoms. The molecule has 0 fully saturated rings. The zero-order valence-corrected chi connectivity index (χ0v) is 21.1. The van der Waals surface area contributed by atoms with Gasteiger partial charge in [0, 0.05) is 17.0 Å². The maximum Gasteiger partial charge on any atom is 0.409 e. The van der Waals surface area contributed by atoms with E-state index in [1.54, 1.807) is 23.1 Å². The number of nitrogens with one attached hydrogen (secondary N) is 1. The number of methoxy groups -OCH3 is 1. The van der Waals surface area contributed by atoms with Gasteiger partial charge in [-0.15, -0.1) is 22.7 Å². The lowest BCUT2D eigenvalue weighted by molar-refractivity contribution is -0.113. The predicted octanol–water partition coefficient (Wildman–Crippen LogP) is 4.56. The minimum absolute atomic E-state index is 0.0979. The molecule has 1 aliphatic rings. The molecule has 1 N–H and O–H groups in total. The first-order valence-electron chi connectivity index (χ1n) is 10.8. The topological polar surface area (TPSA) is 106 Å². The minimum Gasteiger partial charge on any atom is -0.453 e. The fraction of sp³-hybridized carbons (Fsp3) is 0.208. The summed E-state index contributed by atoms with van der Waals surface area (Å²) in [6.45, 7) is 0.826. The highest BCUT2D eigenvalue weighted by Crippen LogP contribution is 2.45. The Morgan fingerprint density at radius 3 is 2.57 bits per heavy atom. The molecule has 0 atom stereocenters. The predicted molar refractivity (Wildman–Crippen MR) is 137 cm³/mol. The maximum absolute atomic E-state index is 12.9. The monoisotopic (exact) mass is 527 g/mol. The third-order valence-corrected chi connectivity index (χ3v) is 9.49. The van der Waals surface area contributed by atoms with E-state index >= 15 is 0 Å². The average Bonchev–Trinajstić information content (AvgIpc) is 3.43. The fourth-order valence-electron chi connectivity index (χ4n) is 4.03. The highest BCUT2D eigenvalue weighted by molar-refractivity contribution is 7.92. The molecule has 0 spiro atoms.